The highest BCUT2D eigenvalue weighted by molar-refractivity contribution is 5.49. The Balaban J connectivity index is 2.04. The number of hydrogen-bond donors (Lipinski definition) is 1. The third-order valence-corrected chi connectivity index (χ3v) is 4.04. The molecular formula is C16H24F2N2. The molecule has 0 spiro atoms. The van der Waals surface area contributed by atoms with E-state index in [0.717, 1.165) is 25.9 Å². The molecule has 0 aliphatic carbocycles. The Labute approximate surface area is 120 Å². The number of halogens is 2. The van der Waals surface area contributed by atoms with Crippen LogP contribution in [-0.2, 0) is 0 Å². The van der Waals surface area contributed by atoms with Crippen molar-refractivity contribution in [1.29, 1.82) is 0 Å². The first-order valence-electron chi connectivity index (χ1n) is 7.41. The van der Waals surface area contributed by atoms with Crippen LogP contribution in [-0.4, -0.2) is 32.1 Å². The van der Waals surface area contributed by atoms with Gasteiger partial charge in [0.1, 0.15) is 0 Å². The van der Waals surface area contributed by atoms with Gasteiger partial charge in [-0.15, -0.1) is 0 Å². The molecule has 2 unspecified atom stereocenters. The van der Waals surface area contributed by atoms with E-state index >= 15 is 0 Å². The molecule has 1 N–H and O–H groups in total. The monoisotopic (exact) mass is 282 g/mol. The minimum Gasteiger partial charge on any atom is -0.370 e. The summed E-state index contributed by atoms with van der Waals surface area (Å²) < 4.78 is 24.7. The molecular weight excluding hydrogens is 258 g/mol. The highest BCUT2D eigenvalue weighted by Gasteiger charge is 2.26. The van der Waals surface area contributed by atoms with Crippen LogP contribution in [0.25, 0.3) is 0 Å². The van der Waals surface area contributed by atoms with E-state index in [9.17, 15) is 8.78 Å². The molecule has 1 heterocycles. The summed E-state index contributed by atoms with van der Waals surface area (Å²) in [6, 6.07) is 8.57. The first-order valence-corrected chi connectivity index (χ1v) is 7.41. The summed E-state index contributed by atoms with van der Waals surface area (Å²) in [6.07, 6.45) is -0.190. The Bertz CT molecular complexity index is 423. The molecule has 0 radical (unpaired) electrons. The lowest BCUT2D eigenvalue weighted by Gasteiger charge is -2.39. The molecule has 2 atom stereocenters. The summed E-state index contributed by atoms with van der Waals surface area (Å²) in [5, 5.41) is 3.01. The van der Waals surface area contributed by atoms with Crippen molar-refractivity contribution in [3.63, 3.8) is 0 Å². The number of nitrogens with zero attached hydrogens (tertiary/aromatic N) is 1. The number of rotatable bonds is 5. The average molecular weight is 282 g/mol. The van der Waals surface area contributed by atoms with Gasteiger partial charge in [0, 0.05) is 24.8 Å². The van der Waals surface area contributed by atoms with Gasteiger partial charge in [-0.25, -0.2) is 8.78 Å². The van der Waals surface area contributed by atoms with E-state index in [-0.39, 0.29) is 12.6 Å². The zero-order valence-corrected chi connectivity index (χ0v) is 12.3. The summed E-state index contributed by atoms with van der Waals surface area (Å²) >= 11 is 0. The van der Waals surface area contributed by atoms with Crippen LogP contribution >= 0.6 is 0 Å². The van der Waals surface area contributed by atoms with Gasteiger partial charge in [-0.05, 0) is 37.0 Å². The largest absolute Gasteiger partial charge is 0.370 e. The molecule has 1 aliphatic heterocycles. The molecule has 4 heteroatoms. The van der Waals surface area contributed by atoms with Crippen LogP contribution in [0, 0.1) is 12.8 Å². The first kappa shape index (κ1) is 15.2. The molecule has 0 aromatic heterocycles. The lowest BCUT2D eigenvalue weighted by molar-refractivity contribution is 0.137. The molecule has 20 heavy (non-hydrogen) atoms. The number of hydrogen-bond acceptors (Lipinski definition) is 2. The predicted octanol–water partition coefficient (Wildman–Crippen LogP) is 3.45. The van der Waals surface area contributed by atoms with Crippen LogP contribution in [0.2, 0.25) is 0 Å². The summed E-state index contributed by atoms with van der Waals surface area (Å²) in [5.41, 5.74) is 2.44. The van der Waals surface area contributed by atoms with E-state index in [1.165, 1.54) is 11.3 Å². The fraction of sp³-hybridized carbons (Fsp3) is 0.625. The Kier molecular flexibility index (Phi) is 5.35. The van der Waals surface area contributed by atoms with Crippen molar-refractivity contribution in [2.75, 3.05) is 24.5 Å². The van der Waals surface area contributed by atoms with E-state index in [2.05, 4.69) is 48.3 Å². The number of benzene rings is 1. The summed E-state index contributed by atoms with van der Waals surface area (Å²) in [7, 11) is 0. The SMILES string of the molecule is CCC1CC(NCC(F)F)CN(c2cccc(C)c2)C1. The molecule has 1 saturated heterocycles. The lowest BCUT2D eigenvalue weighted by atomic mass is 9.91. The standard InChI is InChI=1S/C16H24F2N2/c1-3-13-8-14(19-9-16(17)18)11-20(10-13)15-6-4-5-12(2)7-15/h4-7,13-14,16,19H,3,8-11H2,1-2H3. The van der Waals surface area contributed by atoms with E-state index < -0.39 is 6.43 Å². The number of piperidine rings is 1. The van der Waals surface area contributed by atoms with Crippen LogP contribution in [0.1, 0.15) is 25.3 Å². The van der Waals surface area contributed by atoms with Crippen molar-refractivity contribution in [1.82, 2.24) is 5.32 Å². The number of alkyl halides is 2. The van der Waals surface area contributed by atoms with Crippen molar-refractivity contribution in [2.45, 2.75) is 39.2 Å². The van der Waals surface area contributed by atoms with Gasteiger partial charge in [-0.3, -0.25) is 0 Å². The van der Waals surface area contributed by atoms with Crippen LogP contribution < -0.4 is 10.2 Å². The maximum Gasteiger partial charge on any atom is 0.250 e. The molecule has 2 nitrogen and oxygen atoms in total. The van der Waals surface area contributed by atoms with E-state index in [1.54, 1.807) is 0 Å². The minimum atomic E-state index is -2.27. The molecule has 0 bridgehead atoms. The normalized spacial score (nSPS) is 23.4. The fourth-order valence-electron chi connectivity index (χ4n) is 2.94. The highest BCUT2D eigenvalue weighted by atomic mass is 19.3. The third-order valence-electron chi connectivity index (χ3n) is 4.04. The van der Waals surface area contributed by atoms with Crippen molar-refractivity contribution >= 4 is 5.69 Å². The van der Waals surface area contributed by atoms with Gasteiger partial charge in [-0.1, -0.05) is 25.5 Å². The zero-order chi connectivity index (χ0) is 14.5. The maximum atomic E-state index is 12.4. The van der Waals surface area contributed by atoms with Crippen LogP contribution in [0.15, 0.2) is 24.3 Å². The molecule has 112 valence electrons. The van der Waals surface area contributed by atoms with Gasteiger partial charge >= 0.3 is 0 Å². The second-order valence-corrected chi connectivity index (χ2v) is 5.75. The van der Waals surface area contributed by atoms with Gasteiger partial charge in [0.15, 0.2) is 0 Å². The Morgan fingerprint density at radius 3 is 2.80 bits per heavy atom. The van der Waals surface area contributed by atoms with Crippen molar-refractivity contribution in [2.24, 2.45) is 5.92 Å². The fourth-order valence-corrected chi connectivity index (χ4v) is 2.94. The van der Waals surface area contributed by atoms with Crippen molar-refractivity contribution in [3.05, 3.63) is 29.8 Å². The van der Waals surface area contributed by atoms with Gasteiger partial charge in [0.2, 0.25) is 0 Å². The molecule has 0 saturated carbocycles. The van der Waals surface area contributed by atoms with Crippen molar-refractivity contribution in [3.8, 4) is 0 Å². The number of nitrogens with one attached hydrogen (secondary N) is 1. The summed E-state index contributed by atoms with van der Waals surface area (Å²) in [5.74, 6) is 0.569. The predicted molar refractivity (Wildman–Crippen MR) is 79.6 cm³/mol. The average Bonchev–Trinajstić information content (AvgIpc) is 2.44. The number of anilines is 1. The Morgan fingerprint density at radius 1 is 1.35 bits per heavy atom. The summed E-state index contributed by atoms with van der Waals surface area (Å²) in [6.45, 7) is 5.88. The molecule has 1 aromatic rings. The van der Waals surface area contributed by atoms with Gasteiger partial charge in [0.05, 0.1) is 6.54 Å². The van der Waals surface area contributed by atoms with E-state index in [1.807, 2.05) is 0 Å². The quantitative estimate of drug-likeness (QED) is 0.890. The van der Waals surface area contributed by atoms with E-state index in [4.69, 9.17) is 0 Å². The molecule has 0 amide bonds. The summed E-state index contributed by atoms with van der Waals surface area (Å²) in [4.78, 5) is 2.33. The van der Waals surface area contributed by atoms with Crippen LogP contribution in [0.3, 0.4) is 0 Å². The van der Waals surface area contributed by atoms with E-state index in [0.29, 0.717) is 5.92 Å². The van der Waals surface area contributed by atoms with Gasteiger partial charge in [0.25, 0.3) is 6.43 Å². The molecule has 2 rings (SSSR count). The maximum absolute atomic E-state index is 12.4. The Hall–Kier alpha value is -1.16. The van der Waals surface area contributed by atoms with Gasteiger partial charge < -0.3 is 10.2 Å². The Morgan fingerprint density at radius 2 is 2.15 bits per heavy atom. The highest BCUT2D eigenvalue weighted by Crippen LogP contribution is 2.25. The topological polar surface area (TPSA) is 15.3 Å². The van der Waals surface area contributed by atoms with Crippen LogP contribution in [0.4, 0.5) is 14.5 Å². The second kappa shape index (κ2) is 7.02. The lowest BCUT2D eigenvalue weighted by Crippen LogP contribution is -2.50. The van der Waals surface area contributed by atoms with Gasteiger partial charge in [-0.2, -0.15) is 0 Å². The molecule has 1 aromatic carbocycles. The molecule has 1 fully saturated rings. The number of aryl methyl sites for hydroxylation is 1. The van der Waals surface area contributed by atoms with Crippen molar-refractivity contribution < 1.29 is 8.78 Å². The second-order valence-electron chi connectivity index (χ2n) is 5.75. The first-order chi connectivity index (χ1) is 9.58. The third kappa shape index (κ3) is 4.17. The molecule has 1 aliphatic rings. The zero-order valence-electron chi connectivity index (χ0n) is 12.3. The minimum absolute atomic E-state index is 0.156. The van der Waals surface area contributed by atoms with Crippen LogP contribution in [0.5, 0.6) is 0 Å². The smallest absolute Gasteiger partial charge is 0.250 e.